The van der Waals surface area contributed by atoms with Crippen LogP contribution in [0.1, 0.15) is 23.2 Å². The summed E-state index contributed by atoms with van der Waals surface area (Å²) in [5, 5.41) is 2.90. The molecule has 0 saturated carbocycles. The molecule has 1 N–H and O–H groups in total. The van der Waals surface area contributed by atoms with E-state index in [9.17, 15) is 9.59 Å². The molecule has 1 fully saturated rings. The minimum absolute atomic E-state index is 0.0107. The average Bonchev–Trinajstić information content (AvgIpc) is 3.22. The summed E-state index contributed by atoms with van der Waals surface area (Å²) in [4.78, 5) is 26.6. The Bertz CT molecular complexity index is 881. The Morgan fingerprint density at radius 1 is 1.14 bits per heavy atom. The van der Waals surface area contributed by atoms with Crippen LogP contribution >= 0.6 is 0 Å². The number of nitrogens with one attached hydrogen (secondary N) is 1. The number of amides is 1. The molecule has 28 heavy (non-hydrogen) atoms. The lowest BCUT2D eigenvalue weighted by atomic mass is 10.1. The second-order valence-corrected chi connectivity index (χ2v) is 6.73. The van der Waals surface area contributed by atoms with Gasteiger partial charge in [0.1, 0.15) is 30.8 Å². The van der Waals surface area contributed by atoms with Gasteiger partial charge in [0.05, 0.1) is 24.0 Å². The maximum Gasteiger partial charge on any atom is 0.338 e. The van der Waals surface area contributed by atoms with Gasteiger partial charge in [-0.05, 0) is 55.3 Å². The van der Waals surface area contributed by atoms with Crippen molar-refractivity contribution in [2.24, 2.45) is 0 Å². The standard InChI is InChI=1S/C21H22N2O5/c1-26-15-5-7-16(8-6-15)27-11-12-28-21(25)14-4-9-18-17(13-14)22-20(24)19-3-2-10-23(18)19/h4-9,13,19H,2-3,10-12H2,1H3,(H,22,24)/t19-/m1/s1. The molecule has 7 nitrogen and oxygen atoms in total. The molecule has 4 rings (SSSR count). The summed E-state index contributed by atoms with van der Waals surface area (Å²) >= 11 is 0. The number of anilines is 2. The number of benzene rings is 2. The molecule has 1 atom stereocenters. The number of nitrogens with zero attached hydrogens (tertiary/aromatic N) is 1. The van der Waals surface area contributed by atoms with Crippen molar-refractivity contribution in [1.82, 2.24) is 0 Å². The number of carbonyl (C=O) groups excluding carboxylic acids is 2. The number of ether oxygens (including phenoxy) is 3. The van der Waals surface area contributed by atoms with Crippen LogP contribution in [0.15, 0.2) is 42.5 Å². The van der Waals surface area contributed by atoms with Crippen LogP contribution in [0.25, 0.3) is 0 Å². The van der Waals surface area contributed by atoms with Crippen molar-refractivity contribution in [3.05, 3.63) is 48.0 Å². The van der Waals surface area contributed by atoms with E-state index in [1.165, 1.54) is 0 Å². The minimum atomic E-state index is -0.445. The maximum absolute atomic E-state index is 12.3. The monoisotopic (exact) mass is 382 g/mol. The molecule has 2 aromatic carbocycles. The van der Waals surface area contributed by atoms with Crippen LogP contribution < -0.4 is 19.7 Å². The molecule has 2 heterocycles. The fraction of sp³-hybridized carbons (Fsp3) is 0.333. The average molecular weight is 382 g/mol. The Balaban J connectivity index is 1.32. The van der Waals surface area contributed by atoms with Crippen molar-refractivity contribution in [2.75, 3.05) is 37.1 Å². The molecule has 0 aromatic heterocycles. The van der Waals surface area contributed by atoms with E-state index in [0.717, 1.165) is 30.8 Å². The number of hydrogen-bond donors (Lipinski definition) is 1. The fourth-order valence-corrected chi connectivity index (χ4v) is 3.61. The predicted octanol–water partition coefficient (Wildman–Crippen LogP) is 2.85. The van der Waals surface area contributed by atoms with Crippen LogP contribution in [0.5, 0.6) is 11.5 Å². The van der Waals surface area contributed by atoms with Crippen molar-refractivity contribution in [3.8, 4) is 11.5 Å². The van der Waals surface area contributed by atoms with Crippen molar-refractivity contribution >= 4 is 23.3 Å². The zero-order valence-corrected chi connectivity index (χ0v) is 15.6. The van der Waals surface area contributed by atoms with E-state index in [0.29, 0.717) is 17.0 Å². The number of methoxy groups -OCH3 is 1. The number of rotatable bonds is 6. The first-order chi connectivity index (χ1) is 13.7. The van der Waals surface area contributed by atoms with Gasteiger partial charge in [0, 0.05) is 6.54 Å². The van der Waals surface area contributed by atoms with Gasteiger partial charge in [-0.15, -0.1) is 0 Å². The molecule has 7 heteroatoms. The van der Waals surface area contributed by atoms with Gasteiger partial charge in [-0.25, -0.2) is 4.79 Å². The predicted molar refractivity (Wildman–Crippen MR) is 104 cm³/mol. The summed E-state index contributed by atoms with van der Waals surface area (Å²) in [6.07, 6.45) is 1.86. The first kappa shape index (κ1) is 18.2. The minimum Gasteiger partial charge on any atom is -0.497 e. The van der Waals surface area contributed by atoms with Gasteiger partial charge in [-0.3, -0.25) is 4.79 Å². The fourth-order valence-electron chi connectivity index (χ4n) is 3.61. The van der Waals surface area contributed by atoms with Crippen LogP contribution in [-0.2, 0) is 9.53 Å². The highest BCUT2D eigenvalue weighted by Crippen LogP contribution is 2.37. The summed E-state index contributed by atoms with van der Waals surface area (Å²) in [6, 6.07) is 12.4. The van der Waals surface area contributed by atoms with Crippen LogP contribution in [0.2, 0.25) is 0 Å². The van der Waals surface area contributed by atoms with Gasteiger partial charge in [0.2, 0.25) is 5.91 Å². The van der Waals surface area contributed by atoms with Gasteiger partial charge < -0.3 is 24.4 Å². The molecule has 2 aliphatic rings. The topological polar surface area (TPSA) is 77.1 Å². The Kier molecular flexibility index (Phi) is 5.06. The first-order valence-electron chi connectivity index (χ1n) is 9.31. The van der Waals surface area contributed by atoms with Crippen molar-refractivity contribution in [2.45, 2.75) is 18.9 Å². The molecule has 0 radical (unpaired) electrons. The SMILES string of the molecule is COc1ccc(OCCOC(=O)c2ccc3c(c2)NC(=O)[C@H]2CCCN32)cc1. The first-order valence-corrected chi connectivity index (χ1v) is 9.31. The third-order valence-corrected chi connectivity index (χ3v) is 5.00. The molecule has 2 aliphatic heterocycles. The second-order valence-electron chi connectivity index (χ2n) is 6.73. The van der Waals surface area contributed by atoms with Crippen molar-refractivity contribution in [3.63, 3.8) is 0 Å². The Morgan fingerprint density at radius 3 is 2.71 bits per heavy atom. The van der Waals surface area contributed by atoms with Gasteiger partial charge in [-0.2, -0.15) is 0 Å². The van der Waals surface area contributed by atoms with Crippen molar-refractivity contribution in [1.29, 1.82) is 0 Å². The van der Waals surface area contributed by atoms with Gasteiger partial charge >= 0.3 is 5.97 Å². The highest BCUT2D eigenvalue weighted by atomic mass is 16.6. The van der Waals surface area contributed by atoms with E-state index >= 15 is 0 Å². The largest absolute Gasteiger partial charge is 0.497 e. The summed E-state index contributed by atoms with van der Waals surface area (Å²) in [7, 11) is 1.60. The Morgan fingerprint density at radius 2 is 1.93 bits per heavy atom. The van der Waals surface area contributed by atoms with Gasteiger partial charge in [-0.1, -0.05) is 0 Å². The van der Waals surface area contributed by atoms with E-state index in [1.54, 1.807) is 43.5 Å². The van der Waals surface area contributed by atoms with Crippen molar-refractivity contribution < 1.29 is 23.8 Å². The van der Waals surface area contributed by atoms with Gasteiger partial charge in [0.15, 0.2) is 0 Å². The summed E-state index contributed by atoms with van der Waals surface area (Å²) in [5.41, 5.74) is 2.02. The van der Waals surface area contributed by atoms with Crippen LogP contribution in [-0.4, -0.2) is 44.8 Å². The normalized spacial score (nSPS) is 17.4. The van der Waals surface area contributed by atoms with E-state index in [-0.39, 0.29) is 25.2 Å². The molecule has 0 unspecified atom stereocenters. The molecule has 0 bridgehead atoms. The van der Waals surface area contributed by atoms with Crippen LogP contribution in [0.3, 0.4) is 0 Å². The maximum atomic E-state index is 12.3. The quantitative estimate of drug-likeness (QED) is 0.612. The van der Waals surface area contributed by atoms with Gasteiger partial charge in [0.25, 0.3) is 0 Å². The van der Waals surface area contributed by atoms with Crippen LogP contribution in [0.4, 0.5) is 11.4 Å². The lowest BCUT2D eigenvalue weighted by molar-refractivity contribution is -0.117. The number of hydrogen-bond acceptors (Lipinski definition) is 6. The summed E-state index contributed by atoms with van der Waals surface area (Å²) in [5.74, 6) is 0.967. The summed E-state index contributed by atoms with van der Waals surface area (Å²) in [6.45, 7) is 1.23. The molecule has 146 valence electrons. The van der Waals surface area contributed by atoms with E-state index in [4.69, 9.17) is 14.2 Å². The van der Waals surface area contributed by atoms with E-state index in [1.807, 2.05) is 6.07 Å². The molecule has 2 aromatic rings. The Labute approximate surface area is 163 Å². The summed E-state index contributed by atoms with van der Waals surface area (Å²) < 4.78 is 15.9. The van der Waals surface area contributed by atoms with E-state index < -0.39 is 5.97 Å². The third kappa shape index (κ3) is 3.60. The molecule has 1 saturated heterocycles. The lowest BCUT2D eigenvalue weighted by Gasteiger charge is -2.33. The highest BCUT2D eigenvalue weighted by molar-refractivity contribution is 6.05. The molecule has 1 amide bonds. The molecular formula is C21H22N2O5. The third-order valence-electron chi connectivity index (χ3n) is 5.00. The lowest BCUT2D eigenvalue weighted by Crippen LogP contribution is -2.43. The number of esters is 1. The highest BCUT2D eigenvalue weighted by Gasteiger charge is 2.36. The zero-order chi connectivity index (χ0) is 19.5. The number of carbonyl (C=O) groups is 2. The van der Waals surface area contributed by atoms with E-state index in [2.05, 4.69) is 10.2 Å². The second kappa shape index (κ2) is 7.80. The Hall–Kier alpha value is -3.22. The smallest absolute Gasteiger partial charge is 0.338 e. The zero-order valence-electron chi connectivity index (χ0n) is 15.6. The molecular weight excluding hydrogens is 360 g/mol. The molecule has 0 spiro atoms. The van der Waals surface area contributed by atoms with Crippen LogP contribution in [0, 0.1) is 0 Å². The molecule has 0 aliphatic carbocycles. The number of fused-ring (bicyclic) bond motifs is 3.